The van der Waals surface area contributed by atoms with Gasteiger partial charge in [0.05, 0.1) is 34.9 Å². The number of amides is 2. The molecule has 1 saturated heterocycles. The lowest BCUT2D eigenvalue weighted by atomic mass is 10.2. The number of carbonyl (C=O) groups excluding carboxylic acids is 2. The third-order valence-corrected chi connectivity index (χ3v) is 6.00. The number of rotatable bonds is 3. The lowest BCUT2D eigenvalue weighted by Gasteiger charge is -2.24. The molecular formula is C25H25N5O3. The average molecular weight is 444 g/mol. The number of hydrogen-bond donors (Lipinski definition) is 1. The van der Waals surface area contributed by atoms with Crippen molar-refractivity contribution in [2.75, 3.05) is 43.5 Å². The predicted octanol–water partition coefficient (Wildman–Crippen LogP) is 4.02. The number of hydrogen-bond acceptors (Lipinski definition) is 5. The number of ether oxygens (including phenoxy) is 1. The zero-order valence-corrected chi connectivity index (χ0v) is 18.4. The van der Waals surface area contributed by atoms with Crippen molar-refractivity contribution >= 4 is 40.1 Å². The van der Waals surface area contributed by atoms with Crippen LogP contribution < -0.4 is 10.2 Å². The molecule has 3 heterocycles. The Morgan fingerprint density at radius 3 is 2.58 bits per heavy atom. The molecule has 1 N–H and O–H groups in total. The highest BCUT2D eigenvalue weighted by molar-refractivity contribution is 6.00. The second-order valence-corrected chi connectivity index (χ2v) is 7.98. The van der Waals surface area contributed by atoms with E-state index in [2.05, 4.69) is 32.9 Å². The molecule has 0 atom stereocenters. The summed E-state index contributed by atoms with van der Waals surface area (Å²) in [5.41, 5.74) is 3.84. The van der Waals surface area contributed by atoms with Gasteiger partial charge < -0.3 is 24.3 Å². The van der Waals surface area contributed by atoms with Gasteiger partial charge in [-0.05, 0) is 42.8 Å². The zero-order chi connectivity index (χ0) is 22.8. The average Bonchev–Trinajstić information content (AvgIpc) is 3.21. The molecule has 0 radical (unpaired) electrons. The molecule has 2 aromatic heterocycles. The van der Waals surface area contributed by atoms with Crippen molar-refractivity contribution in [2.45, 2.75) is 6.42 Å². The summed E-state index contributed by atoms with van der Waals surface area (Å²) in [5, 5.41) is 2.88. The minimum Gasteiger partial charge on any atom is -0.465 e. The summed E-state index contributed by atoms with van der Waals surface area (Å²) < 4.78 is 6.99. The Labute approximate surface area is 191 Å². The van der Waals surface area contributed by atoms with Gasteiger partial charge in [0.1, 0.15) is 0 Å². The summed E-state index contributed by atoms with van der Waals surface area (Å²) in [7, 11) is 1.33. The largest absolute Gasteiger partial charge is 0.465 e. The van der Waals surface area contributed by atoms with E-state index in [1.54, 1.807) is 29.2 Å². The number of urea groups is 1. The molecular weight excluding hydrogens is 418 g/mol. The second kappa shape index (κ2) is 8.82. The first kappa shape index (κ1) is 20.8. The molecule has 168 valence electrons. The highest BCUT2D eigenvalue weighted by Crippen LogP contribution is 2.26. The molecule has 33 heavy (non-hydrogen) atoms. The number of anilines is 2. The standard InChI is InChI=1S/C25H25N5O3/c1-33-24(31)18-8-2-3-9-19(18)27-25(32)29-14-7-13-28(16-17-29)23-22-12-6-15-30(22)21-11-5-4-10-20(21)26-23/h2-6,8-12,15H,7,13-14,16-17H2,1H3,(H,27,32). The highest BCUT2D eigenvalue weighted by Gasteiger charge is 2.23. The number of benzene rings is 2. The van der Waals surface area contributed by atoms with Crippen LogP contribution >= 0.6 is 0 Å². The number of nitrogens with zero attached hydrogens (tertiary/aromatic N) is 4. The lowest BCUT2D eigenvalue weighted by molar-refractivity contribution is 0.0602. The van der Waals surface area contributed by atoms with Crippen molar-refractivity contribution in [3.8, 4) is 0 Å². The number of esters is 1. The first-order valence-electron chi connectivity index (χ1n) is 11.0. The summed E-state index contributed by atoms with van der Waals surface area (Å²) in [6, 6.07) is 18.8. The van der Waals surface area contributed by atoms with Crippen LogP contribution in [0.5, 0.6) is 0 Å². The van der Waals surface area contributed by atoms with Gasteiger partial charge in [0.25, 0.3) is 0 Å². The molecule has 0 unspecified atom stereocenters. The predicted molar refractivity (Wildman–Crippen MR) is 128 cm³/mol. The van der Waals surface area contributed by atoms with Gasteiger partial charge in [0.15, 0.2) is 5.82 Å². The number of nitrogens with one attached hydrogen (secondary N) is 1. The highest BCUT2D eigenvalue weighted by atomic mass is 16.5. The van der Waals surface area contributed by atoms with E-state index in [-0.39, 0.29) is 6.03 Å². The smallest absolute Gasteiger partial charge is 0.339 e. The molecule has 2 aromatic carbocycles. The quantitative estimate of drug-likeness (QED) is 0.484. The fourth-order valence-electron chi connectivity index (χ4n) is 4.35. The van der Waals surface area contributed by atoms with E-state index in [9.17, 15) is 9.59 Å². The molecule has 8 heteroatoms. The van der Waals surface area contributed by atoms with Gasteiger partial charge in [-0.3, -0.25) is 0 Å². The van der Waals surface area contributed by atoms with Gasteiger partial charge in [-0.25, -0.2) is 14.6 Å². The van der Waals surface area contributed by atoms with Crippen LogP contribution in [0.1, 0.15) is 16.8 Å². The van der Waals surface area contributed by atoms with Crippen molar-refractivity contribution in [3.63, 3.8) is 0 Å². The van der Waals surface area contributed by atoms with Gasteiger partial charge in [-0.15, -0.1) is 0 Å². The molecule has 1 aliphatic rings. The fourth-order valence-corrected chi connectivity index (χ4v) is 4.35. The zero-order valence-electron chi connectivity index (χ0n) is 18.4. The fraction of sp³-hybridized carbons (Fsp3) is 0.240. The van der Waals surface area contributed by atoms with Gasteiger partial charge in [-0.2, -0.15) is 0 Å². The minimum absolute atomic E-state index is 0.229. The van der Waals surface area contributed by atoms with E-state index >= 15 is 0 Å². The summed E-state index contributed by atoms with van der Waals surface area (Å²) in [6.07, 6.45) is 2.87. The summed E-state index contributed by atoms with van der Waals surface area (Å²) in [4.78, 5) is 34.0. The molecule has 1 fully saturated rings. The molecule has 0 aliphatic carbocycles. The van der Waals surface area contributed by atoms with Crippen molar-refractivity contribution in [2.24, 2.45) is 0 Å². The Morgan fingerprint density at radius 1 is 0.909 bits per heavy atom. The third-order valence-electron chi connectivity index (χ3n) is 6.00. The number of aromatic nitrogens is 2. The Bertz CT molecular complexity index is 1330. The van der Waals surface area contributed by atoms with Crippen LogP contribution in [-0.2, 0) is 4.74 Å². The van der Waals surface area contributed by atoms with E-state index in [4.69, 9.17) is 9.72 Å². The molecule has 2 amide bonds. The van der Waals surface area contributed by atoms with Crippen LogP contribution in [0.4, 0.5) is 16.3 Å². The number of methoxy groups -OCH3 is 1. The Hall–Kier alpha value is -4.07. The maximum Gasteiger partial charge on any atom is 0.339 e. The van der Waals surface area contributed by atoms with Crippen molar-refractivity contribution in [3.05, 3.63) is 72.4 Å². The van der Waals surface area contributed by atoms with Crippen LogP contribution in [0.3, 0.4) is 0 Å². The van der Waals surface area contributed by atoms with Crippen molar-refractivity contribution in [1.82, 2.24) is 14.3 Å². The normalized spacial score (nSPS) is 14.3. The Morgan fingerprint density at radius 2 is 1.70 bits per heavy atom. The van der Waals surface area contributed by atoms with Gasteiger partial charge in [0, 0.05) is 32.4 Å². The van der Waals surface area contributed by atoms with Crippen LogP contribution in [0, 0.1) is 0 Å². The first-order valence-corrected chi connectivity index (χ1v) is 11.0. The third kappa shape index (κ3) is 3.95. The summed E-state index contributed by atoms with van der Waals surface area (Å²) in [5.74, 6) is 0.448. The van der Waals surface area contributed by atoms with Gasteiger partial charge >= 0.3 is 12.0 Å². The first-order chi connectivity index (χ1) is 16.2. The van der Waals surface area contributed by atoms with E-state index in [0.29, 0.717) is 30.9 Å². The van der Waals surface area contributed by atoms with Crippen LogP contribution in [0.25, 0.3) is 16.6 Å². The molecule has 4 aromatic rings. The summed E-state index contributed by atoms with van der Waals surface area (Å²) in [6.45, 7) is 2.63. The van der Waals surface area contributed by atoms with Gasteiger partial charge in [-0.1, -0.05) is 24.3 Å². The van der Waals surface area contributed by atoms with Crippen molar-refractivity contribution in [1.29, 1.82) is 0 Å². The van der Waals surface area contributed by atoms with Crippen LogP contribution in [0.15, 0.2) is 66.9 Å². The molecule has 8 nitrogen and oxygen atoms in total. The molecule has 5 rings (SSSR count). The maximum atomic E-state index is 13.0. The van der Waals surface area contributed by atoms with Crippen LogP contribution in [-0.4, -0.2) is 59.6 Å². The number of para-hydroxylation sites is 3. The van der Waals surface area contributed by atoms with Gasteiger partial charge in [0.2, 0.25) is 0 Å². The molecule has 1 aliphatic heterocycles. The number of fused-ring (bicyclic) bond motifs is 3. The number of carbonyl (C=O) groups is 2. The monoisotopic (exact) mass is 443 g/mol. The molecule has 0 spiro atoms. The van der Waals surface area contributed by atoms with E-state index in [1.807, 2.05) is 24.3 Å². The van der Waals surface area contributed by atoms with E-state index in [1.165, 1.54) is 7.11 Å². The second-order valence-electron chi connectivity index (χ2n) is 7.98. The Balaban J connectivity index is 1.35. The lowest BCUT2D eigenvalue weighted by Crippen LogP contribution is -2.38. The van der Waals surface area contributed by atoms with Crippen molar-refractivity contribution < 1.29 is 14.3 Å². The Kier molecular flexibility index (Phi) is 5.56. The van der Waals surface area contributed by atoms with E-state index in [0.717, 1.165) is 35.3 Å². The maximum absolute atomic E-state index is 13.0. The minimum atomic E-state index is -0.480. The molecule has 0 bridgehead atoms. The SMILES string of the molecule is COC(=O)c1ccccc1NC(=O)N1CCCN(c2nc3ccccc3n3cccc23)CC1. The summed E-state index contributed by atoms with van der Waals surface area (Å²) >= 11 is 0. The van der Waals surface area contributed by atoms with E-state index < -0.39 is 5.97 Å². The topological polar surface area (TPSA) is 79.2 Å². The van der Waals surface area contributed by atoms with Crippen LogP contribution in [0.2, 0.25) is 0 Å². The molecule has 0 saturated carbocycles.